The van der Waals surface area contributed by atoms with Gasteiger partial charge in [-0.3, -0.25) is 19.6 Å². The summed E-state index contributed by atoms with van der Waals surface area (Å²) in [7, 11) is 0. The number of hydrogen-bond donors (Lipinski definition) is 3. The Balaban J connectivity index is 1.68. The molecule has 1 aromatic carbocycles. The smallest absolute Gasteiger partial charge is 0.322 e. The van der Waals surface area contributed by atoms with Crippen LogP contribution < -0.4 is 16.4 Å². The van der Waals surface area contributed by atoms with E-state index in [9.17, 15) is 14.4 Å². The van der Waals surface area contributed by atoms with Crippen LogP contribution >= 0.6 is 0 Å². The van der Waals surface area contributed by atoms with Gasteiger partial charge < -0.3 is 11.1 Å². The Kier molecular flexibility index (Phi) is 2.96. The topological polar surface area (TPSA) is 119 Å². The molecular formula is C16H15N5O3. The summed E-state index contributed by atoms with van der Waals surface area (Å²) >= 11 is 0. The Morgan fingerprint density at radius 1 is 1.33 bits per heavy atom. The maximum Gasteiger partial charge on any atom is 0.322 e. The number of aryl methyl sites for hydroxylation is 1. The molecule has 4 amide bonds. The van der Waals surface area contributed by atoms with Gasteiger partial charge in [-0.1, -0.05) is 18.2 Å². The molecule has 1 spiro atoms. The number of imide groups is 1. The predicted molar refractivity (Wildman–Crippen MR) is 83.5 cm³/mol. The minimum Gasteiger partial charge on any atom is -0.368 e. The molecule has 1 saturated heterocycles. The molecule has 4 rings (SSSR count). The normalized spacial score (nSPS) is 21.7. The summed E-state index contributed by atoms with van der Waals surface area (Å²) in [5.41, 5.74) is 7.87. The zero-order valence-electron chi connectivity index (χ0n) is 12.7. The van der Waals surface area contributed by atoms with E-state index in [-0.39, 0.29) is 12.5 Å². The first-order valence-electron chi connectivity index (χ1n) is 7.56. The van der Waals surface area contributed by atoms with Crippen molar-refractivity contribution in [1.82, 2.24) is 20.4 Å². The molecule has 2 aromatic rings. The van der Waals surface area contributed by atoms with Gasteiger partial charge in [0.25, 0.3) is 5.91 Å². The highest BCUT2D eigenvalue weighted by Gasteiger charge is 2.51. The molecule has 4 N–H and O–H groups in total. The van der Waals surface area contributed by atoms with Crippen LogP contribution in [0.15, 0.2) is 30.6 Å². The average molecular weight is 325 g/mol. The van der Waals surface area contributed by atoms with Crippen molar-refractivity contribution in [3.8, 4) is 11.1 Å². The summed E-state index contributed by atoms with van der Waals surface area (Å²) < 4.78 is 1.48. The van der Waals surface area contributed by atoms with Crippen LogP contribution in [0.3, 0.4) is 0 Å². The molecule has 0 bridgehead atoms. The lowest BCUT2D eigenvalue weighted by atomic mass is 9.91. The fraction of sp³-hybridized carbons (Fsp3) is 0.250. The number of aromatic nitrogens is 2. The number of rotatable bonds is 3. The Bertz CT molecular complexity index is 888. The molecule has 1 aliphatic heterocycles. The third kappa shape index (κ3) is 2.07. The van der Waals surface area contributed by atoms with Crippen molar-refractivity contribution >= 4 is 17.8 Å². The van der Waals surface area contributed by atoms with E-state index in [1.165, 1.54) is 4.68 Å². The Labute approximate surface area is 137 Å². The lowest BCUT2D eigenvalue weighted by molar-refractivity contribution is -0.124. The number of nitrogens with one attached hydrogen (secondary N) is 2. The van der Waals surface area contributed by atoms with Crippen molar-refractivity contribution in [2.45, 2.75) is 24.9 Å². The van der Waals surface area contributed by atoms with E-state index in [2.05, 4.69) is 15.7 Å². The molecule has 0 saturated carbocycles. The number of nitrogens with zero attached hydrogens (tertiary/aromatic N) is 2. The maximum atomic E-state index is 12.2. The second kappa shape index (κ2) is 4.92. The zero-order chi connectivity index (χ0) is 16.9. The Hall–Kier alpha value is -3.16. The van der Waals surface area contributed by atoms with Crippen molar-refractivity contribution in [3.05, 3.63) is 41.7 Å². The van der Waals surface area contributed by atoms with Crippen molar-refractivity contribution in [3.63, 3.8) is 0 Å². The lowest BCUT2D eigenvalue weighted by Gasteiger charge is -2.21. The van der Waals surface area contributed by atoms with Crippen LogP contribution in [0, 0.1) is 0 Å². The average Bonchev–Trinajstić information content (AvgIpc) is 3.19. The molecule has 1 aromatic heterocycles. The van der Waals surface area contributed by atoms with E-state index in [4.69, 9.17) is 5.73 Å². The Morgan fingerprint density at radius 2 is 2.17 bits per heavy atom. The number of nitrogens with two attached hydrogens (primary N) is 1. The largest absolute Gasteiger partial charge is 0.368 e. The highest BCUT2D eigenvalue weighted by atomic mass is 16.2. The number of hydrogen-bond acceptors (Lipinski definition) is 4. The number of carbonyl (C=O) groups is 3. The summed E-state index contributed by atoms with van der Waals surface area (Å²) in [5, 5.41) is 9.18. The fourth-order valence-electron chi connectivity index (χ4n) is 3.47. The summed E-state index contributed by atoms with van der Waals surface area (Å²) in [6.45, 7) is 0.0280. The quantitative estimate of drug-likeness (QED) is 0.689. The van der Waals surface area contributed by atoms with Crippen LogP contribution in [-0.4, -0.2) is 27.6 Å². The molecule has 8 heteroatoms. The third-order valence-electron chi connectivity index (χ3n) is 4.56. The number of urea groups is 1. The molecule has 24 heavy (non-hydrogen) atoms. The van der Waals surface area contributed by atoms with E-state index in [1.807, 2.05) is 18.2 Å². The second-order valence-electron chi connectivity index (χ2n) is 6.08. The van der Waals surface area contributed by atoms with Crippen LogP contribution in [0.5, 0.6) is 0 Å². The number of fused-ring (bicyclic) bond motifs is 2. The standard InChI is InChI=1S/C16H15N5O3/c17-13(22)8-21-7-11(6-18-21)9-1-2-12-10(5-9)3-4-16(12)14(23)19-15(24)20-16/h1-2,5-7H,3-4,8H2,(H2,17,22)(H2,19,20,23,24). The predicted octanol–water partition coefficient (Wildman–Crippen LogP) is 0.0163. The first-order chi connectivity index (χ1) is 11.5. The molecule has 2 aliphatic rings. The zero-order valence-corrected chi connectivity index (χ0v) is 12.7. The van der Waals surface area contributed by atoms with Crippen molar-refractivity contribution < 1.29 is 14.4 Å². The third-order valence-corrected chi connectivity index (χ3v) is 4.56. The van der Waals surface area contributed by atoms with E-state index < -0.39 is 17.5 Å². The first kappa shape index (κ1) is 14.4. The van der Waals surface area contributed by atoms with E-state index >= 15 is 0 Å². The van der Waals surface area contributed by atoms with Gasteiger partial charge in [-0.2, -0.15) is 5.10 Å². The molecule has 1 atom stereocenters. The second-order valence-corrected chi connectivity index (χ2v) is 6.08. The first-order valence-corrected chi connectivity index (χ1v) is 7.56. The van der Waals surface area contributed by atoms with Gasteiger partial charge in [0.05, 0.1) is 6.20 Å². The van der Waals surface area contributed by atoms with Crippen molar-refractivity contribution in [1.29, 1.82) is 0 Å². The van der Waals surface area contributed by atoms with Gasteiger partial charge in [0, 0.05) is 11.8 Å². The number of primary amides is 1. The minimum absolute atomic E-state index is 0.0280. The van der Waals surface area contributed by atoms with Crippen molar-refractivity contribution in [2.24, 2.45) is 5.73 Å². The maximum absolute atomic E-state index is 12.2. The van der Waals surface area contributed by atoms with Gasteiger partial charge in [-0.05, 0) is 29.5 Å². The molecular weight excluding hydrogens is 310 g/mol. The molecule has 1 unspecified atom stereocenters. The number of amides is 4. The SMILES string of the molecule is NC(=O)Cn1cc(-c2ccc3c(c2)CCC32NC(=O)NC2=O)cn1. The van der Waals surface area contributed by atoms with Gasteiger partial charge >= 0.3 is 6.03 Å². The summed E-state index contributed by atoms with van der Waals surface area (Å²) in [6.07, 6.45) is 4.66. The highest BCUT2D eigenvalue weighted by Crippen LogP contribution is 2.40. The monoisotopic (exact) mass is 325 g/mol. The van der Waals surface area contributed by atoms with Gasteiger partial charge in [0.2, 0.25) is 5.91 Å². The molecule has 1 aliphatic carbocycles. The van der Waals surface area contributed by atoms with Crippen LogP contribution in [0.25, 0.3) is 11.1 Å². The van der Waals surface area contributed by atoms with E-state index in [1.54, 1.807) is 12.4 Å². The van der Waals surface area contributed by atoms with E-state index in [0.29, 0.717) is 12.8 Å². The van der Waals surface area contributed by atoms with Crippen LogP contribution in [-0.2, 0) is 28.1 Å². The number of benzene rings is 1. The molecule has 8 nitrogen and oxygen atoms in total. The summed E-state index contributed by atoms with van der Waals surface area (Å²) in [5.74, 6) is -0.753. The molecule has 122 valence electrons. The van der Waals surface area contributed by atoms with E-state index in [0.717, 1.165) is 22.3 Å². The highest BCUT2D eigenvalue weighted by molar-refractivity contribution is 6.08. The van der Waals surface area contributed by atoms with Crippen LogP contribution in [0.4, 0.5) is 4.79 Å². The summed E-state index contributed by atoms with van der Waals surface area (Å²) in [6, 6.07) is 5.29. The fourth-order valence-corrected chi connectivity index (χ4v) is 3.47. The van der Waals surface area contributed by atoms with Crippen LogP contribution in [0.2, 0.25) is 0 Å². The lowest BCUT2D eigenvalue weighted by Crippen LogP contribution is -2.41. The van der Waals surface area contributed by atoms with Gasteiger partial charge in [0.15, 0.2) is 0 Å². The minimum atomic E-state index is -0.943. The van der Waals surface area contributed by atoms with Crippen LogP contribution in [0.1, 0.15) is 17.5 Å². The van der Waals surface area contributed by atoms with Crippen molar-refractivity contribution in [2.75, 3.05) is 0 Å². The molecule has 0 radical (unpaired) electrons. The van der Waals surface area contributed by atoms with Gasteiger partial charge in [-0.15, -0.1) is 0 Å². The van der Waals surface area contributed by atoms with Gasteiger partial charge in [-0.25, -0.2) is 4.79 Å². The Morgan fingerprint density at radius 3 is 2.88 bits per heavy atom. The summed E-state index contributed by atoms with van der Waals surface area (Å²) in [4.78, 5) is 34.7. The van der Waals surface area contributed by atoms with Gasteiger partial charge in [0.1, 0.15) is 12.1 Å². The molecule has 2 heterocycles. The molecule has 1 fully saturated rings. The number of carbonyl (C=O) groups excluding carboxylic acids is 3.